The lowest BCUT2D eigenvalue weighted by atomic mass is 10.0. The van der Waals surface area contributed by atoms with Gasteiger partial charge in [-0.3, -0.25) is 0 Å². The lowest BCUT2D eigenvalue weighted by Gasteiger charge is -2.40. The molecule has 0 amide bonds. The Hall–Kier alpha value is -4.89. The number of nitrogens with zero attached hydrogens (tertiary/aromatic N) is 8. The van der Waals surface area contributed by atoms with Crippen LogP contribution in [0.25, 0.3) is 21.5 Å². The molecule has 1 atom stereocenters. The number of aliphatic imine (C=N–C) groups is 2. The van der Waals surface area contributed by atoms with Gasteiger partial charge in [0.1, 0.15) is 0 Å². The van der Waals surface area contributed by atoms with Crippen LogP contribution in [0.1, 0.15) is 50.1 Å². The molecular formula is C38H23Cl3N8+2. The van der Waals surface area contributed by atoms with Crippen LogP contribution in [-0.4, -0.2) is 41.6 Å². The van der Waals surface area contributed by atoms with Crippen LogP contribution in [0.15, 0.2) is 68.5 Å². The van der Waals surface area contributed by atoms with Crippen molar-refractivity contribution in [1.29, 1.82) is 0 Å². The van der Waals surface area contributed by atoms with Gasteiger partial charge in [0.25, 0.3) is 23.3 Å². The molecule has 2 aromatic heterocycles. The summed E-state index contributed by atoms with van der Waals surface area (Å²) >= 11 is 20.6. The van der Waals surface area contributed by atoms with Crippen LogP contribution >= 0.6 is 34.8 Å². The Labute approximate surface area is 293 Å². The standard InChI is InChI=1S/C38H23Cl3N8/c1-14-6-19-20(7-15(14)2)31-43-35-25-12-28(40)17(4)9-22(25)33-45-37-26-13-29(41)18(5)10-23(26)34-44-36-24-11-27(39)16(3)8-21(24)32-42-30(19)46(31)38(47(32)36,48(33)35)49(34)37/h6-13H,1-5H3/q+2. The number of fused-ring (bicyclic) bond motifs is 12. The summed E-state index contributed by atoms with van der Waals surface area (Å²) in [5.74, 6) is 3.62. The number of halogens is 3. The highest BCUT2D eigenvalue weighted by atomic mass is 35.5. The minimum atomic E-state index is -1.10. The van der Waals surface area contributed by atoms with Crippen molar-refractivity contribution in [2.24, 2.45) is 20.0 Å². The fourth-order valence-electron chi connectivity index (χ4n) is 8.73. The second kappa shape index (κ2) is 8.11. The van der Waals surface area contributed by atoms with Gasteiger partial charge in [0, 0.05) is 36.6 Å². The van der Waals surface area contributed by atoms with Crippen LogP contribution in [0.2, 0.25) is 15.1 Å². The van der Waals surface area contributed by atoms with Gasteiger partial charge in [-0.05, 0) is 111 Å². The molecule has 6 aromatic rings. The van der Waals surface area contributed by atoms with E-state index in [9.17, 15) is 0 Å². The molecule has 4 aromatic carbocycles. The second-order valence-corrected chi connectivity index (χ2v) is 15.1. The zero-order valence-corrected chi connectivity index (χ0v) is 29.1. The predicted molar refractivity (Wildman–Crippen MR) is 192 cm³/mol. The number of amidine groups is 4. The summed E-state index contributed by atoms with van der Waals surface area (Å²) in [5, 5.41) is 6.02. The first-order valence-electron chi connectivity index (χ1n) is 16.2. The van der Waals surface area contributed by atoms with Gasteiger partial charge in [0.2, 0.25) is 22.6 Å². The van der Waals surface area contributed by atoms with Crippen LogP contribution in [0, 0.1) is 34.6 Å². The molecule has 0 aliphatic carbocycles. The molecule has 1 spiro atoms. The number of hydrogen-bond acceptors (Lipinski definition) is 4. The Morgan fingerprint density at radius 2 is 0.898 bits per heavy atom. The number of aromatic nitrogens is 2. The van der Waals surface area contributed by atoms with E-state index in [4.69, 9.17) is 54.8 Å². The van der Waals surface area contributed by atoms with Crippen LogP contribution in [0.3, 0.4) is 0 Å². The number of benzene rings is 4. The van der Waals surface area contributed by atoms with Gasteiger partial charge >= 0.3 is 5.91 Å². The molecule has 6 aliphatic heterocycles. The molecule has 1 unspecified atom stereocenters. The molecule has 0 radical (unpaired) electrons. The maximum absolute atomic E-state index is 6.87. The normalized spacial score (nSPS) is 19.5. The molecule has 0 N–H and O–H groups in total. The molecule has 49 heavy (non-hydrogen) atoms. The molecular weight excluding hydrogens is 675 g/mol. The van der Waals surface area contributed by atoms with Gasteiger partial charge < -0.3 is 0 Å². The minimum Gasteiger partial charge on any atom is -0.192 e. The Kier molecular flexibility index (Phi) is 4.47. The van der Waals surface area contributed by atoms with Crippen molar-refractivity contribution in [3.8, 4) is 0 Å². The monoisotopic (exact) mass is 696 g/mol. The molecule has 8 nitrogen and oxygen atoms in total. The van der Waals surface area contributed by atoms with Crippen molar-refractivity contribution in [2.45, 2.75) is 40.5 Å². The lowest BCUT2D eigenvalue weighted by molar-refractivity contribution is -0.790. The molecule has 234 valence electrons. The zero-order valence-electron chi connectivity index (χ0n) is 26.8. The topological polar surface area (TPSA) is 65.3 Å². The first-order chi connectivity index (χ1) is 23.6. The molecule has 0 fully saturated rings. The highest BCUT2D eigenvalue weighted by Crippen LogP contribution is 2.53. The molecule has 0 saturated carbocycles. The van der Waals surface area contributed by atoms with E-state index in [-0.39, 0.29) is 0 Å². The van der Waals surface area contributed by atoms with Crippen LogP contribution < -0.4 is 11.0 Å². The fourth-order valence-corrected chi connectivity index (χ4v) is 9.22. The quantitative estimate of drug-likeness (QED) is 0.151. The summed E-state index contributed by atoms with van der Waals surface area (Å²) in [6.07, 6.45) is 0. The van der Waals surface area contributed by atoms with Gasteiger partial charge in [0.15, 0.2) is 0 Å². The maximum Gasteiger partial charge on any atom is 0.404 e. The average molecular weight is 698 g/mol. The maximum atomic E-state index is 6.87. The molecule has 11 heteroatoms. The second-order valence-electron chi connectivity index (χ2n) is 13.9. The SMILES string of the molecule is Cc1cc2c3n4c(c2cc1C)=NC1=[N+]2C(=Nc5c6cc(Cl)c(C)cc6c6n5C42[N+]2=C(N=3)c3cc(C)c(Cl)cc3C2=N6)c2cc(C)c(Cl)cc21. The Morgan fingerprint density at radius 1 is 0.469 bits per heavy atom. The number of aryl methyl sites for hydroxylation is 5. The summed E-state index contributed by atoms with van der Waals surface area (Å²) in [5.41, 5.74) is 10.8. The van der Waals surface area contributed by atoms with Crippen molar-refractivity contribution in [3.05, 3.63) is 125 Å². The third kappa shape index (κ3) is 2.74. The van der Waals surface area contributed by atoms with Gasteiger partial charge in [-0.2, -0.15) is 9.13 Å². The van der Waals surface area contributed by atoms with E-state index >= 15 is 0 Å². The molecule has 0 saturated heterocycles. The third-order valence-electron chi connectivity index (χ3n) is 11.2. The van der Waals surface area contributed by atoms with Gasteiger partial charge in [-0.15, -0.1) is 9.15 Å². The highest BCUT2D eigenvalue weighted by molar-refractivity contribution is 6.34. The average Bonchev–Trinajstić information content (AvgIpc) is 3.74. The number of rotatable bonds is 0. The first kappa shape index (κ1) is 27.0. The Balaban J connectivity index is 1.41. The van der Waals surface area contributed by atoms with Crippen molar-refractivity contribution in [2.75, 3.05) is 0 Å². The van der Waals surface area contributed by atoms with Crippen molar-refractivity contribution >= 4 is 91.3 Å². The Morgan fingerprint density at radius 3 is 1.49 bits per heavy atom. The predicted octanol–water partition coefficient (Wildman–Crippen LogP) is 7.21. The number of hydrogen-bond donors (Lipinski definition) is 0. The largest absolute Gasteiger partial charge is 0.404 e. The minimum absolute atomic E-state index is 0.679. The summed E-state index contributed by atoms with van der Waals surface area (Å²) in [4.78, 5) is 22.0. The van der Waals surface area contributed by atoms with E-state index in [1.165, 1.54) is 11.1 Å². The van der Waals surface area contributed by atoms with Crippen LogP contribution in [-0.2, 0) is 5.91 Å². The lowest BCUT2D eigenvalue weighted by Crippen LogP contribution is -2.71. The third-order valence-corrected chi connectivity index (χ3v) is 12.4. The van der Waals surface area contributed by atoms with Crippen molar-refractivity contribution < 1.29 is 9.15 Å². The summed E-state index contributed by atoms with van der Waals surface area (Å²) in [6, 6.07) is 17.0. The molecule has 12 rings (SSSR count). The molecule has 8 heterocycles. The summed E-state index contributed by atoms with van der Waals surface area (Å²) < 4.78 is 9.12. The van der Waals surface area contributed by atoms with E-state index in [0.717, 1.165) is 106 Å². The van der Waals surface area contributed by atoms with E-state index in [1.54, 1.807) is 0 Å². The van der Waals surface area contributed by atoms with Gasteiger partial charge in [0.05, 0.1) is 22.3 Å². The van der Waals surface area contributed by atoms with Crippen LogP contribution in [0.5, 0.6) is 0 Å². The molecule has 6 aliphatic rings. The summed E-state index contributed by atoms with van der Waals surface area (Å²) in [7, 11) is 0. The van der Waals surface area contributed by atoms with E-state index in [2.05, 4.69) is 62.5 Å². The van der Waals surface area contributed by atoms with Crippen molar-refractivity contribution in [3.63, 3.8) is 0 Å². The zero-order chi connectivity index (χ0) is 33.2. The fraction of sp³-hybridized carbons (Fsp3) is 0.158. The summed E-state index contributed by atoms with van der Waals surface area (Å²) in [6.45, 7) is 10.4. The first-order valence-corrected chi connectivity index (χ1v) is 17.3. The highest BCUT2D eigenvalue weighted by Gasteiger charge is 2.69. The van der Waals surface area contributed by atoms with Gasteiger partial charge in [-0.1, -0.05) is 54.8 Å². The van der Waals surface area contributed by atoms with Crippen molar-refractivity contribution in [1.82, 2.24) is 9.13 Å². The smallest absolute Gasteiger partial charge is 0.192 e. The molecule has 0 bridgehead atoms. The Bertz CT molecular complexity index is 2880. The van der Waals surface area contributed by atoms with E-state index in [1.807, 2.05) is 39.0 Å². The van der Waals surface area contributed by atoms with Crippen LogP contribution in [0.4, 0.5) is 11.6 Å². The van der Waals surface area contributed by atoms with Gasteiger partial charge in [-0.25, -0.2) is 0 Å². The van der Waals surface area contributed by atoms with E-state index in [0.29, 0.717) is 15.1 Å². The van der Waals surface area contributed by atoms with E-state index < -0.39 is 5.91 Å².